The standard InChI is InChI=1S/C11H20N4O/c1-4-6-15-7-5-13-9(15)8-14-11(2,3)10(12)16/h5,7,14H,4,6,8H2,1-3H3,(H2,12,16). The molecule has 0 atom stereocenters. The van der Waals surface area contributed by atoms with Gasteiger partial charge in [-0.2, -0.15) is 0 Å². The van der Waals surface area contributed by atoms with E-state index in [9.17, 15) is 4.79 Å². The molecule has 3 N–H and O–H groups in total. The van der Waals surface area contributed by atoms with Gasteiger partial charge < -0.3 is 10.3 Å². The smallest absolute Gasteiger partial charge is 0.237 e. The average molecular weight is 224 g/mol. The number of imidazole rings is 1. The number of carbonyl (C=O) groups is 1. The summed E-state index contributed by atoms with van der Waals surface area (Å²) >= 11 is 0. The van der Waals surface area contributed by atoms with E-state index < -0.39 is 5.54 Å². The van der Waals surface area contributed by atoms with E-state index >= 15 is 0 Å². The summed E-state index contributed by atoms with van der Waals surface area (Å²) in [6, 6.07) is 0. The highest BCUT2D eigenvalue weighted by Crippen LogP contribution is 2.04. The number of nitrogens with two attached hydrogens (primary N) is 1. The van der Waals surface area contributed by atoms with Gasteiger partial charge in [0, 0.05) is 18.9 Å². The van der Waals surface area contributed by atoms with Crippen LogP contribution in [0.25, 0.3) is 0 Å². The minimum absolute atomic E-state index is 0.360. The Morgan fingerprint density at radius 3 is 2.88 bits per heavy atom. The Labute approximate surface area is 96.0 Å². The van der Waals surface area contributed by atoms with Crippen molar-refractivity contribution >= 4 is 5.91 Å². The second-order valence-corrected chi connectivity index (χ2v) is 4.38. The molecule has 0 saturated heterocycles. The van der Waals surface area contributed by atoms with Crippen molar-refractivity contribution < 1.29 is 4.79 Å². The molecule has 0 radical (unpaired) electrons. The van der Waals surface area contributed by atoms with E-state index in [1.54, 1.807) is 20.0 Å². The molecule has 0 spiro atoms. The molecule has 5 nitrogen and oxygen atoms in total. The topological polar surface area (TPSA) is 72.9 Å². The number of nitrogens with zero attached hydrogens (tertiary/aromatic N) is 2. The Bertz CT molecular complexity index is 357. The van der Waals surface area contributed by atoms with Crippen LogP contribution in [0, 0.1) is 0 Å². The van der Waals surface area contributed by atoms with Gasteiger partial charge in [0.25, 0.3) is 0 Å². The van der Waals surface area contributed by atoms with Crippen molar-refractivity contribution in [3.05, 3.63) is 18.2 Å². The van der Waals surface area contributed by atoms with Gasteiger partial charge in [0.05, 0.1) is 12.1 Å². The van der Waals surface area contributed by atoms with Crippen LogP contribution in [0.2, 0.25) is 0 Å². The van der Waals surface area contributed by atoms with Gasteiger partial charge >= 0.3 is 0 Å². The molecule has 0 aliphatic carbocycles. The second-order valence-electron chi connectivity index (χ2n) is 4.38. The number of rotatable bonds is 6. The van der Waals surface area contributed by atoms with Crippen LogP contribution in [-0.2, 0) is 17.9 Å². The largest absolute Gasteiger partial charge is 0.368 e. The van der Waals surface area contributed by atoms with E-state index in [0.29, 0.717) is 6.54 Å². The van der Waals surface area contributed by atoms with Crippen molar-refractivity contribution in [2.75, 3.05) is 0 Å². The van der Waals surface area contributed by atoms with Gasteiger partial charge in [-0.15, -0.1) is 0 Å². The predicted octanol–water partition coefficient (Wildman–Crippen LogP) is 0.647. The molecule has 0 unspecified atom stereocenters. The minimum atomic E-state index is -0.705. The van der Waals surface area contributed by atoms with Crippen LogP contribution < -0.4 is 11.1 Å². The van der Waals surface area contributed by atoms with Crippen LogP contribution in [-0.4, -0.2) is 21.0 Å². The molecule has 1 heterocycles. The zero-order chi connectivity index (χ0) is 12.2. The monoisotopic (exact) mass is 224 g/mol. The second kappa shape index (κ2) is 5.12. The van der Waals surface area contributed by atoms with Crippen LogP contribution in [0.15, 0.2) is 12.4 Å². The first kappa shape index (κ1) is 12.7. The predicted molar refractivity (Wildman–Crippen MR) is 62.6 cm³/mol. The van der Waals surface area contributed by atoms with Crippen LogP contribution in [0.4, 0.5) is 0 Å². The zero-order valence-electron chi connectivity index (χ0n) is 10.2. The van der Waals surface area contributed by atoms with Crippen molar-refractivity contribution in [3.8, 4) is 0 Å². The summed E-state index contributed by atoms with van der Waals surface area (Å²) < 4.78 is 2.07. The molecule has 0 aliphatic rings. The lowest BCUT2D eigenvalue weighted by molar-refractivity contribution is -0.123. The first-order valence-corrected chi connectivity index (χ1v) is 5.52. The number of aryl methyl sites for hydroxylation is 1. The van der Waals surface area contributed by atoms with Crippen molar-refractivity contribution in [1.29, 1.82) is 0 Å². The Hall–Kier alpha value is -1.36. The highest BCUT2D eigenvalue weighted by atomic mass is 16.1. The van der Waals surface area contributed by atoms with E-state index in [0.717, 1.165) is 18.8 Å². The summed E-state index contributed by atoms with van der Waals surface area (Å²) in [4.78, 5) is 15.4. The summed E-state index contributed by atoms with van der Waals surface area (Å²) in [6.45, 7) is 7.13. The highest BCUT2D eigenvalue weighted by Gasteiger charge is 2.24. The number of nitrogens with one attached hydrogen (secondary N) is 1. The first-order chi connectivity index (χ1) is 7.47. The molecule has 90 valence electrons. The van der Waals surface area contributed by atoms with E-state index in [-0.39, 0.29) is 5.91 Å². The maximum atomic E-state index is 11.1. The molecule has 0 saturated carbocycles. The molecular weight excluding hydrogens is 204 g/mol. The van der Waals surface area contributed by atoms with Gasteiger partial charge in [0.2, 0.25) is 5.91 Å². The number of amides is 1. The number of carbonyl (C=O) groups excluding carboxylic acids is 1. The highest BCUT2D eigenvalue weighted by molar-refractivity contribution is 5.83. The lowest BCUT2D eigenvalue weighted by atomic mass is 10.1. The van der Waals surface area contributed by atoms with Crippen LogP contribution in [0.5, 0.6) is 0 Å². The lowest BCUT2D eigenvalue weighted by Gasteiger charge is -2.22. The summed E-state index contributed by atoms with van der Waals surface area (Å²) in [5.41, 5.74) is 4.57. The van der Waals surface area contributed by atoms with Crippen LogP contribution >= 0.6 is 0 Å². The summed E-state index contributed by atoms with van der Waals surface area (Å²) in [5.74, 6) is 0.567. The molecule has 0 bridgehead atoms. The summed E-state index contributed by atoms with van der Waals surface area (Å²) in [5, 5.41) is 3.10. The molecule has 16 heavy (non-hydrogen) atoms. The van der Waals surface area contributed by atoms with Gasteiger partial charge in [0.1, 0.15) is 5.82 Å². The normalized spacial score (nSPS) is 11.7. The fraction of sp³-hybridized carbons (Fsp3) is 0.636. The van der Waals surface area contributed by atoms with E-state index in [1.165, 1.54) is 0 Å². The quantitative estimate of drug-likeness (QED) is 0.745. The number of aromatic nitrogens is 2. The summed E-state index contributed by atoms with van der Waals surface area (Å²) in [7, 11) is 0. The van der Waals surface area contributed by atoms with Gasteiger partial charge in [-0.05, 0) is 20.3 Å². The summed E-state index contributed by atoms with van der Waals surface area (Å²) in [6.07, 6.45) is 4.77. The van der Waals surface area contributed by atoms with Gasteiger partial charge in [0.15, 0.2) is 0 Å². The Morgan fingerprint density at radius 2 is 2.31 bits per heavy atom. The van der Waals surface area contributed by atoms with E-state index in [1.807, 2.05) is 6.20 Å². The van der Waals surface area contributed by atoms with Gasteiger partial charge in [-0.3, -0.25) is 10.1 Å². The third-order valence-corrected chi connectivity index (χ3v) is 2.57. The number of hydrogen-bond acceptors (Lipinski definition) is 3. The molecule has 0 fully saturated rings. The lowest BCUT2D eigenvalue weighted by Crippen LogP contribution is -2.50. The fourth-order valence-electron chi connectivity index (χ4n) is 1.34. The van der Waals surface area contributed by atoms with E-state index in [4.69, 9.17) is 5.73 Å². The maximum absolute atomic E-state index is 11.1. The number of hydrogen-bond donors (Lipinski definition) is 2. The molecule has 1 aromatic heterocycles. The molecule has 1 rings (SSSR count). The van der Waals surface area contributed by atoms with Crippen molar-refractivity contribution in [3.63, 3.8) is 0 Å². The van der Waals surface area contributed by atoms with E-state index in [2.05, 4.69) is 21.8 Å². The minimum Gasteiger partial charge on any atom is -0.368 e. The third kappa shape index (κ3) is 3.06. The zero-order valence-corrected chi connectivity index (χ0v) is 10.2. The Balaban J connectivity index is 2.60. The van der Waals surface area contributed by atoms with Gasteiger partial charge in [-0.1, -0.05) is 6.92 Å². The first-order valence-electron chi connectivity index (χ1n) is 5.52. The van der Waals surface area contributed by atoms with Crippen molar-refractivity contribution in [2.24, 2.45) is 5.73 Å². The maximum Gasteiger partial charge on any atom is 0.237 e. The molecule has 1 amide bonds. The van der Waals surface area contributed by atoms with Crippen LogP contribution in [0.3, 0.4) is 0 Å². The molecule has 0 aromatic carbocycles. The Morgan fingerprint density at radius 1 is 1.62 bits per heavy atom. The van der Waals surface area contributed by atoms with Crippen molar-refractivity contribution in [2.45, 2.75) is 45.8 Å². The van der Waals surface area contributed by atoms with Crippen LogP contribution in [0.1, 0.15) is 33.0 Å². The number of primary amides is 1. The molecule has 0 aliphatic heterocycles. The Kier molecular flexibility index (Phi) is 4.06. The fourth-order valence-corrected chi connectivity index (χ4v) is 1.34. The SMILES string of the molecule is CCCn1ccnc1CNC(C)(C)C(N)=O. The average Bonchev–Trinajstić information content (AvgIpc) is 2.63. The molecule has 5 heteroatoms. The third-order valence-electron chi connectivity index (χ3n) is 2.57. The van der Waals surface area contributed by atoms with Crippen molar-refractivity contribution in [1.82, 2.24) is 14.9 Å². The molecular formula is C11H20N4O. The van der Waals surface area contributed by atoms with Gasteiger partial charge in [-0.25, -0.2) is 4.98 Å². The molecule has 1 aromatic rings.